The number of carbonyl (C=O) groups excluding carboxylic acids is 1. The Balaban J connectivity index is 2.04. The number of hydrogen-bond donors (Lipinski definition) is 2. The van der Waals surface area contributed by atoms with Gasteiger partial charge >= 0.3 is 5.97 Å². The van der Waals surface area contributed by atoms with Gasteiger partial charge in [-0.2, -0.15) is 0 Å². The molecule has 0 spiro atoms. The molecule has 2 aromatic rings. The van der Waals surface area contributed by atoms with Crippen LogP contribution in [0.15, 0.2) is 41.4 Å². The van der Waals surface area contributed by atoms with Crippen LogP contribution in [0.4, 0.5) is 5.69 Å². The Kier molecular flexibility index (Phi) is 5.43. The summed E-state index contributed by atoms with van der Waals surface area (Å²) >= 11 is 5.97. The maximum Gasteiger partial charge on any atom is 0.339 e. The molecule has 0 bridgehead atoms. The lowest BCUT2D eigenvalue weighted by Gasteiger charge is -2.26. The van der Waals surface area contributed by atoms with E-state index in [2.05, 4.69) is 4.99 Å². The van der Waals surface area contributed by atoms with Gasteiger partial charge in [0, 0.05) is 11.1 Å². The van der Waals surface area contributed by atoms with E-state index in [0.29, 0.717) is 23.8 Å². The van der Waals surface area contributed by atoms with Crippen LogP contribution in [-0.2, 0) is 4.74 Å². The molecule has 1 heterocycles. The molecule has 0 saturated heterocycles. The molecule has 1 unspecified atom stereocenters. The predicted molar refractivity (Wildman–Crippen MR) is 98.6 cm³/mol. The highest BCUT2D eigenvalue weighted by Gasteiger charge is 2.34. The van der Waals surface area contributed by atoms with Crippen LogP contribution in [0, 0.1) is 0 Å². The minimum absolute atomic E-state index is 0.0132. The summed E-state index contributed by atoms with van der Waals surface area (Å²) in [5.74, 6) is -1.80. The van der Waals surface area contributed by atoms with Crippen LogP contribution in [0.5, 0.6) is 11.5 Å². The van der Waals surface area contributed by atoms with Gasteiger partial charge in [-0.15, -0.1) is 0 Å². The van der Waals surface area contributed by atoms with Crippen molar-refractivity contribution in [2.24, 2.45) is 4.99 Å². The number of carboxylic acids is 1. The molecule has 2 aromatic carbocycles. The Morgan fingerprint density at radius 1 is 1.30 bits per heavy atom. The first kappa shape index (κ1) is 18.9. The number of carbonyl (C=O) groups is 2. The lowest BCUT2D eigenvalue weighted by atomic mass is 10.0. The standard InChI is InChI=1S/C19H16ClNO6/c1-2-7-26-19-16(17(23)13-8-10(20)3-6-15(13)27-19)21-11-4-5-12(18(24)25)14(22)9-11/h3-6,8-9,19,22H,2,7H2,1H3,(H,24,25). The molecule has 0 aromatic heterocycles. The van der Waals surface area contributed by atoms with E-state index in [0.717, 1.165) is 6.07 Å². The molecule has 0 amide bonds. The van der Waals surface area contributed by atoms with E-state index in [-0.39, 0.29) is 22.5 Å². The van der Waals surface area contributed by atoms with Crippen LogP contribution in [0.1, 0.15) is 34.1 Å². The van der Waals surface area contributed by atoms with Gasteiger partial charge in [-0.3, -0.25) is 4.79 Å². The lowest BCUT2D eigenvalue weighted by molar-refractivity contribution is -0.0340. The number of nitrogens with zero attached hydrogens (tertiary/aromatic N) is 1. The number of aromatic carboxylic acids is 1. The number of hydrogen-bond acceptors (Lipinski definition) is 6. The maximum absolute atomic E-state index is 12.9. The van der Waals surface area contributed by atoms with Crippen LogP contribution in [0.3, 0.4) is 0 Å². The number of aliphatic imine (C=N–C) groups is 1. The van der Waals surface area contributed by atoms with E-state index >= 15 is 0 Å². The molecular formula is C19H16ClNO6. The van der Waals surface area contributed by atoms with E-state index < -0.39 is 23.8 Å². The van der Waals surface area contributed by atoms with Gasteiger partial charge in [0.25, 0.3) is 0 Å². The van der Waals surface area contributed by atoms with Crippen molar-refractivity contribution in [3.05, 3.63) is 52.5 Å². The second-order valence-corrected chi connectivity index (χ2v) is 6.23. The fourth-order valence-corrected chi connectivity index (χ4v) is 2.72. The number of benzene rings is 2. The second-order valence-electron chi connectivity index (χ2n) is 5.79. The molecule has 0 aliphatic carbocycles. The number of ketones is 1. The summed E-state index contributed by atoms with van der Waals surface area (Å²) in [6.07, 6.45) is -0.310. The van der Waals surface area contributed by atoms with Crippen molar-refractivity contribution in [2.75, 3.05) is 6.61 Å². The fraction of sp³-hybridized carbons (Fsp3) is 0.211. The molecule has 0 saturated carbocycles. The monoisotopic (exact) mass is 389 g/mol. The number of fused-ring (bicyclic) bond motifs is 1. The molecular weight excluding hydrogens is 374 g/mol. The third-order valence-electron chi connectivity index (χ3n) is 3.81. The van der Waals surface area contributed by atoms with Gasteiger partial charge in [-0.05, 0) is 36.8 Å². The van der Waals surface area contributed by atoms with Crippen LogP contribution in [-0.4, -0.2) is 40.6 Å². The van der Waals surface area contributed by atoms with E-state index in [1.54, 1.807) is 12.1 Å². The number of phenols is 1. The van der Waals surface area contributed by atoms with Crippen molar-refractivity contribution in [1.29, 1.82) is 0 Å². The fourth-order valence-electron chi connectivity index (χ4n) is 2.55. The van der Waals surface area contributed by atoms with Crippen molar-refractivity contribution in [1.82, 2.24) is 0 Å². The number of carboxylic acid groups (broad SMARTS) is 1. The quantitative estimate of drug-likeness (QED) is 0.804. The van der Waals surface area contributed by atoms with Gasteiger partial charge in [0.2, 0.25) is 12.1 Å². The molecule has 140 valence electrons. The largest absolute Gasteiger partial charge is 0.507 e. The zero-order valence-electron chi connectivity index (χ0n) is 14.3. The first-order valence-corrected chi connectivity index (χ1v) is 8.56. The van der Waals surface area contributed by atoms with Crippen molar-refractivity contribution < 1.29 is 29.3 Å². The van der Waals surface area contributed by atoms with Crippen LogP contribution >= 0.6 is 11.6 Å². The molecule has 1 aliphatic heterocycles. The summed E-state index contributed by atoms with van der Waals surface area (Å²) < 4.78 is 11.4. The Morgan fingerprint density at radius 2 is 2.07 bits per heavy atom. The smallest absolute Gasteiger partial charge is 0.339 e. The maximum atomic E-state index is 12.9. The van der Waals surface area contributed by atoms with Crippen molar-refractivity contribution >= 4 is 34.8 Å². The Labute approximate surface area is 159 Å². The number of aromatic hydroxyl groups is 1. The summed E-state index contributed by atoms with van der Waals surface area (Å²) in [6.45, 7) is 2.26. The second kappa shape index (κ2) is 7.77. The van der Waals surface area contributed by atoms with Crippen LogP contribution in [0.25, 0.3) is 0 Å². The van der Waals surface area contributed by atoms with Gasteiger partial charge in [-0.25, -0.2) is 9.79 Å². The Hall–Kier alpha value is -2.90. The predicted octanol–water partition coefficient (Wildman–Crippen LogP) is 3.84. The van der Waals surface area contributed by atoms with Gasteiger partial charge in [-0.1, -0.05) is 18.5 Å². The molecule has 1 atom stereocenters. The van der Waals surface area contributed by atoms with E-state index in [9.17, 15) is 14.7 Å². The summed E-state index contributed by atoms with van der Waals surface area (Å²) in [5, 5.41) is 19.2. The number of ether oxygens (including phenoxy) is 2. The Morgan fingerprint density at radius 3 is 2.74 bits per heavy atom. The van der Waals surface area contributed by atoms with Gasteiger partial charge in [0.05, 0.1) is 17.9 Å². The third kappa shape index (κ3) is 3.94. The SMILES string of the molecule is CCCOC1Oc2ccc(Cl)cc2C(=O)C1=Nc1ccc(C(=O)O)c(O)c1. The molecule has 3 rings (SSSR count). The highest BCUT2D eigenvalue weighted by molar-refractivity contribution is 6.49. The zero-order chi connectivity index (χ0) is 19.6. The zero-order valence-corrected chi connectivity index (χ0v) is 15.1. The molecule has 8 heteroatoms. The molecule has 1 aliphatic rings. The minimum Gasteiger partial charge on any atom is -0.507 e. The first-order valence-electron chi connectivity index (χ1n) is 8.18. The average molecular weight is 390 g/mol. The molecule has 7 nitrogen and oxygen atoms in total. The normalized spacial score (nSPS) is 17.5. The van der Waals surface area contributed by atoms with Gasteiger partial charge in [0.15, 0.2) is 5.71 Å². The molecule has 0 fully saturated rings. The molecule has 27 heavy (non-hydrogen) atoms. The van der Waals surface area contributed by atoms with Crippen molar-refractivity contribution in [3.63, 3.8) is 0 Å². The highest BCUT2D eigenvalue weighted by atomic mass is 35.5. The van der Waals surface area contributed by atoms with Crippen molar-refractivity contribution in [2.45, 2.75) is 19.6 Å². The van der Waals surface area contributed by atoms with Crippen LogP contribution in [0.2, 0.25) is 5.02 Å². The van der Waals surface area contributed by atoms with Crippen molar-refractivity contribution in [3.8, 4) is 11.5 Å². The number of rotatable bonds is 5. The van der Waals surface area contributed by atoms with Gasteiger partial charge < -0.3 is 19.7 Å². The van der Waals surface area contributed by atoms with Gasteiger partial charge in [0.1, 0.15) is 17.1 Å². The first-order chi connectivity index (χ1) is 12.9. The number of halogens is 1. The van der Waals surface area contributed by atoms with E-state index in [1.807, 2.05) is 6.92 Å². The summed E-state index contributed by atoms with van der Waals surface area (Å²) in [6, 6.07) is 8.42. The molecule has 2 N–H and O–H groups in total. The van der Waals surface area contributed by atoms with Crippen LogP contribution < -0.4 is 4.74 Å². The summed E-state index contributed by atoms with van der Waals surface area (Å²) in [5.41, 5.74) is 0.172. The highest BCUT2D eigenvalue weighted by Crippen LogP contribution is 2.31. The lowest BCUT2D eigenvalue weighted by Crippen LogP contribution is -2.40. The topological polar surface area (TPSA) is 105 Å². The number of Topliss-reactive ketones (excluding diaryl/α,β-unsaturated/α-hetero) is 1. The minimum atomic E-state index is -1.27. The van der Waals surface area contributed by atoms with E-state index in [4.69, 9.17) is 26.2 Å². The molecule has 0 radical (unpaired) electrons. The summed E-state index contributed by atoms with van der Waals surface area (Å²) in [4.78, 5) is 28.2. The Bertz CT molecular complexity index is 940. The van der Waals surface area contributed by atoms with E-state index in [1.165, 1.54) is 18.2 Å². The average Bonchev–Trinajstić information content (AvgIpc) is 2.63. The summed E-state index contributed by atoms with van der Waals surface area (Å²) in [7, 11) is 0. The third-order valence-corrected chi connectivity index (χ3v) is 4.05.